The molecule has 0 saturated heterocycles. The summed E-state index contributed by atoms with van der Waals surface area (Å²) in [5.41, 5.74) is 3.09. The molecule has 0 N–H and O–H groups in total. The van der Waals surface area contributed by atoms with Crippen molar-refractivity contribution in [2.45, 2.75) is 43.0 Å². The van der Waals surface area contributed by atoms with E-state index in [9.17, 15) is 0 Å². The monoisotopic (exact) mass is 315 g/mol. The highest BCUT2D eigenvalue weighted by Crippen LogP contribution is 2.30. The molecule has 0 aromatic heterocycles. The first kappa shape index (κ1) is 13.0. The molecule has 1 rings (SSSR count). The average Bonchev–Trinajstić information content (AvgIpc) is 2.17. The van der Waals surface area contributed by atoms with Gasteiger partial charge in [-0.05, 0) is 23.0 Å². The van der Waals surface area contributed by atoms with E-state index < -0.39 is 0 Å². The molecular weight excluding hydrogens is 295 g/mol. The van der Waals surface area contributed by atoms with E-state index in [2.05, 4.69) is 74.6 Å². The molecule has 0 saturated carbocycles. The molecule has 0 heterocycles. The van der Waals surface area contributed by atoms with Gasteiger partial charge >= 0.3 is 0 Å². The fraction of sp³-hybridized carbons (Fsp3) is 0.500. The second kappa shape index (κ2) is 5.33. The molecule has 1 aromatic rings. The summed E-state index contributed by atoms with van der Waals surface area (Å²) >= 11 is 2.50. The Morgan fingerprint density at radius 2 is 1.73 bits per heavy atom. The summed E-state index contributed by atoms with van der Waals surface area (Å²) in [5.74, 6) is 0. The normalized spacial score (nSPS) is 13.9. The average molecular weight is 315 g/mol. The second-order valence-corrected chi connectivity index (χ2v) is 6.49. The topological polar surface area (TPSA) is 0 Å². The lowest BCUT2D eigenvalue weighted by atomic mass is 9.86. The second-order valence-electron chi connectivity index (χ2n) is 4.98. The summed E-state index contributed by atoms with van der Waals surface area (Å²) in [7, 11) is 0. The van der Waals surface area contributed by atoms with Gasteiger partial charge in [-0.1, -0.05) is 81.0 Å². The predicted molar refractivity (Wildman–Crippen MR) is 76.5 cm³/mol. The van der Waals surface area contributed by atoms with Crippen molar-refractivity contribution in [3.8, 4) is 0 Å². The lowest BCUT2D eigenvalue weighted by molar-refractivity contribution is 0.590. The largest absolute Gasteiger partial charge is 0.0774 e. The van der Waals surface area contributed by atoms with E-state index >= 15 is 0 Å². The van der Waals surface area contributed by atoms with Gasteiger partial charge in [0.05, 0.1) is 0 Å². The molecule has 1 atom stereocenters. The van der Waals surface area contributed by atoms with Gasteiger partial charge in [0.15, 0.2) is 0 Å². The molecule has 0 aliphatic heterocycles. The molecule has 0 fully saturated rings. The molecule has 1 heteroatoms. The van der Waals surface area contributed by atoms with Crippen LogP contribution < -0.4 is 0 Å². The van der Waals surface area contributed by atoms with Crippen molar-refractivity contribution in [1.29, 1.82) is 0 Å². The van der Waals surface area contributed by atoms with Crippen LogP contribution in [0.5, 0.6) is 0 Å². The number of rotatable bonds is 3. The first-order valence-electron chi connectivity index (χ1n) is 5.49. The molecule has 0 bridgehead atoms. The zero-order valence-corrected chi connectivity index (χ0v) is 12.0. The van der Waals surface area contributed by atoms with Crippen molar-refractivity contribution in [2.24, 2.45) is 0 Å². The van der Waals surface area contributed by atoms with Gasteiger partial charge in [0.2, 0.25) is 0 Å². The third-order valence-electron chi connectivity index (χ3n) is 2.60. The highest BCUT2D eigenvalue weighted by atomic mass is 127. The van der Waals surface area contributed by atoms with Crippen molar-refractivity contribution < 1.29 is 0 Å². The van der Waals surface area contributed by atoms with E-state index in [0.29, 0.717) is 3.92 Å². The fourth-order valence-electron chi connectivity index (χ4n) is 1.54. The quantitative estimate of drug-likeness (QED) is 0.539. The molecule has 0 aliphatic rings. The Bertz CT molecular complexity index is 292. The maximum atomic E-state index is 3.90. The smallest absolute Gasteiger partial charge is 0.0359 e. The van der Waals surface area contributed by atoms with E-state index in [1.165, 1.54) is 11.1 Å². The van der Waals surface area contributed by atoms with Crippen molar-refractivity contribution in [3.63, 3.8) is 0 Å². The third-order valence-corrected chi connectivity index (χ3v) is 3.94. The van der Waals surface area contributed by atoms with Crippen LogP contribution in [0.25, 0.3) is 0 Å². The zero-order valence-electron chi connectivity index (χ0n) is 9.89. The number of hydrogen-bond donors (Lipinski definition) is 0. The molecule has 83 valence electrons. The SMILES string of the molecule is [CH2]CCC(I)c1ccc(C(C)(C)C)cc1. The Kier molecular flexibility index (Phi) is 4.63. The molecule has 1 radical (unpaired) electrons. The standard InChI is InChI=1S/C14H20I/c1-5-6-13(15)11-7-9-12(10-8-11)14(2,3)4/h7-10,13H,1,5-6H2,2-4H3. The van der Waals surface area contributed by atoms with Crippen LogP contribution in [0.2, 0.25) is 0 Å². The molecule has 1 aromatic carbocycles. The third kappa shape index (κ3) is 3.78. The lowest BCUT2D eigenvalue weighted by Crippen LogP contribution is -2.10. The zero-order chi connectivity index (χ0) is 11.5. The Balaban J connectivity index is 2.81. The van der Waals surface area contributed by atoms with Crippen LogP contribution in [0.15, 0.2) is 24.3 Å². The Morgan fingerprint density at radius 3 is 2.13 bits per heavy atom. The van der Waals surface area contributed by atoms with Gasteiger partial charge in [-0.25, -0.2) is 0 Å². The van der Waals surface area contributed by atoms with Crippen LogP contribution in [0.1, 0.15) is 48.7 Å². The molecule has 0 spiro atoms. The summed E-state index contributed by atoms with van der Waals surface area (Å²) in [6.07, 6.45) is 2.17. The molecule has 15 heavy (non-hydrogen) atoms. The molecule has 0 nitrogen and oxygen atoms in total. The Labute approximate surface area is 108 Å². The van der Waals surface area contributed by atoms with Gasteiger partial charge in [-0.2, -0.15) is 0 Å². The maximum absolute atomic E-state index is 3.90. The summed E-state index contributed by atoms with van der Waals surface area (Å²) in [4.78, 5) is 0. The minimum atomic E-state index is 0.256. The van der Waals surface area contributed by atoms with Gasteiger partial charge in [-0.3, -0.25) is 0 Å². The van der Waals surface area contributed by atoms with Crippen LogP contribution >= 0.6 is 22.6 Å². The van der Waals surface area contributed by atoms with Gasteiger partial charge in [0.25, 0.3) is 0 Å². The number of hydrogen-bond acceptors (Lipinski definition) is 0. The van der Waals surface area contributed by atoms with Gasteiger partial charge in [0.1, 0.15) is 0 Å². The van der Waals surface area contributed by atoms with Gasteiger partial charge in [-0.15, -0.1) is 0 Å². The predicted octanol–water partition coefficient (Wildman–Crippen LogP) is 5.07. The Hall–Kier alpha value is -0.0500. The fourth-order valence-corrected chi connectivity index (χ4v) is 2.39. The van der Waals surface area contributed by atoms with Crippen molar-refractivity contribution in [1.82, 2.24) is 0 Å². The van der Waals surface area contributed by atoms with Gasteiger partial charge in [0, 0.05) is 3.92 Å². The Morgan fingerprint density at radius 1 is 1.20 bits per heavy atom. The number of benzene rings is 1. The highest BCUT2D eigenvalue weighted by molar-refractivity contribution is 14.1. The number of halogens is 1. The summed E-state index contributed by atoms with van der Waals surface area (Å²) in [5, 5.41) is 0. The van der Waals surface area contributed by atoms with Crippen molar-refractivity contribution in [3.05, 3.63) is 42.3 Å². The summed E-state index contributed by atoms with van der Waals surface area (Å²) in [6, 6.07) is 9.02. The van der Waals surface area contributed by atoms with E-state index in [4.69, 9.17) is 0 Å². The van der Waals surface area contributed by atoms with E-state index in [1.54, 1.807) is 0 Å². The number of alkyl halides is 1. The van der Waals surface area contributed by atoms with Crippen LogP contribution in [-0.4, -0.2) is 0 Å². The molecule has 1 unspecified atom stereocenters. The van der Waals surface area contributed by atoms with E-state index in [-0.39, 0.29) is 5.41 Å². The summed E-state index contributed by atoms with van der Waals surface area (Å²) < 4.78 is 0.606. The minimum Gasteiger partial charge on any atom is -0.0774 e. The van der Waals surface area contributed by atoms with Crippen LogP contribution in [0.4, 0.5) is 0 Å². The minimum absolute atomic E-state index is 0.256. The van der Waals surface area contributed by atoms with Crippen LogP contribution in [-0.2, 0) is 5.41 Å². The van der Waals surface area contributed by atoms with Crippen LogP contribution in [0, 0.1) is 6.92 Å². The lowest BCUT2D eigenvalue weighted by Gasteiger charge is -2.19. The van der Waals surface area contributed by atoms with Crippen molar-refractivity contribution >= 4 is 22.6 Å². The van der Waals surface area contributed by atoms with E-state index in [1.807, 2.05) is 0 Å². The molecule has 0 amide bonds. The highest BCUT2D eigenvalue weighted by Gasteiger charge is 2.14. The summed E-state index contributed by atoms with van der Waals surface area (Å²) in [6.45, 7) is 10.7. The van der Waals surface area contributed by atoms with Gasteiger partial charge < -0.3 is 0 Å². The van der Waals surface area contributed by atoms with Crippen molar-refractivity contribution in [2.75, 3.05) is 0 Å². The van der Waals surface area contributed by atoms with Crippen LogP contribution in [0.3, 0.4) is 0 Å². The first-order chi connectivity index (χ1) is 6.95. The maximum Gasteiger partial charge on any atom is 0.0359 e. The van der Waals surface area contributed by atoms with E-state index in [0.717, 1.165) is 12.8 Å². The molecular formula is C14H20I. The molecule has 0 aliphatic carbocycles. The first-order valence-corrected chi connectivity index (χ1v) is 6.73.